The number of alkyl halides is 3. The Kier molecular flexibility index (Phi) is 3.94. The minimum absolute atomic E-state index is 0.124. The second-order valence-corrected chi connectivity index (χ2v) is 4.31. The van der Waals surface area contributed by atoms with E-state index >= 15 is 0 Å². The fraction of sp³-hybridized carbons (Fsp3) is 0.0714. The molecule has 2 aromatic carbocycles. The highest BCUT2D eigenvalue weighted by Gasteiger charge is 2.35. The van der Waals surface area contributed by atoms with Gasteiger partial charge in [0.05, 0.1) is 16.1 Å². The smallest absolute Gasteiger partial charge is 0.298 e. The van der Waals surface area contributed by atoms with Gasteiger partial charge in [-0.25, -0.2) is 4.39 Å². The van der Waals surface area contributed by atoms with E-state index in [-0.39, 0.29) is 17.4 Å². The molecule has 22 heavy (non-hydrogen) atoms. The number of halogens is 4. The van der Waals surface area contributed by atoms with E-state index in [1.165, 1.54) is 0 Å². The Morgan fingerprint density at radius 2 is 1.82 bits per heavy atom. The summed E-state index contributed by atoms with van der Waals surface area (Å²) < 4.78 is 52.0. The molecule has 4 nitrogen and oxygen atoms in total. The fourth-order valence-electron chi connectivity index (χ4n) is 1.94. The van der Waals surface area contributed by atoms with Crippen LogP contribution < -0.4 is 0 Å². The highest BCUT2D eigenvalue weighted by Crippen LogP contribution is 2.36. The van der Waals surface area contributed by atoms with E-state index in [1.807, 2.05) is 0 Å². The van der Waals surface area contributed by atoms with Gasteiger partial charge in [0.1, 0.15) is 5.82 Å². The molecular weight excluding hydrogens is 306 g/mol. The van der Waals surface area contributed by atoms with Crippen LogP contribution in [-0.4, -0.2) is 11.2 Å². The van der Waals surface area contributed by atoms with Gasteiger partial charge in [0.25, 0.3) is 5.69 Å². The molecule has 0 N–H and O–H groups in total. The van der Waals surface area contributed by atoms with Crippen molar-refractivity contribution in [1.82, 2.24) is 0 Å². The molecule has 0 aliphatic carbocycles. The third-order valence-electron chi connectivity index (χ3n) is 2.97. The molecule has 0 saturated heterocycles. The van der Waals surface area contributed by atoms with E-state index in [9.17, 15) is 32.5 Å². The van der Waals surface area contributed by atoms with Crippen molar-refractivity contribution in [3.8, 4) is 11.1 Å². The Balaban J connectivity index is 2.65. The third-order valence-corrected chi connectivity index (χ3v) is 2.97. The average molecular weight is 313 g/mol. The van der Waals surface area contributed by atoms with Gasteiger partial charge in [-0.1, -0.05) is 18.2 Å². The van der Waals surface area contributed by atoms with E-state index < -0.39 is 33.7 Å². The van der Waals surface area contributed by atoms with E-state index in [0.29, 0.717) is 6.07 Å². The van der Waals surface area contributed by atoms with Crippen LogP contribution in [0.3, 0.4) is 0 Å². The molecule has 0 aromatic heterocycles. The maximum Gasteiger partial charge on any atom is 0.419 e. The molecule has 2 rings (SSSR count). The zero-order valence-corrected chi connectivity index (χ0v) is 10.7. The number of nitro groups is 1. The predicted molar refractivity (Wildman–Crippen MR) is 68.9 cm³/mol. The summed E-state index contributed by atoms with van der Waals surface area (Å²) in [5.74, 6) is -1.52. The maximum atomic E-state index is 14.0. The summed E-state index contributed by atoms with van der Waals surface area (Å²) in [7, 11) is 0. The summed E-state index contributed by atoms with van der Waals surface area (Å²) in [6.07, 6.45) is -4.64. The van der Waals surface area contributed by atoms with Crippen molar-refractivity contribution in [3.05, 3.63) is 63.5 Å². The van der Waals surface area contributed by atoms with Gasteiger partial charge in [-0.3, -0.25) is 14.9 Å². The lowest BCUT2D eigenvalue weighted by molar-refractivity contribution is -0.385. The first-order valence-electron chi connectivity index (χ1n) is 5.85. The average Bonchev–Trinajstić information content (AvgIpc) is 2.45. The van der Waals surface area contributed by atoms with Crippen LogP contribution in [0.5, 0.6) is 0 Å². The lowest BCUT2D eigenvalue weighted by atomic mass is 9.99. The topological polar surface area (TPSA) is 60.2 Å². The molecule has 0 radical (unpaired) electrons. The van der Waals surface area contributed by atoms with Gasteiger partial charge in [0, 0.05) is 11.6 Å². The molecule has 0 amide bonds. The van der Waals surface area contributed by atoms with Crippen LogP contribution in [0.4, 0.5) is 23.2 Å². The quantitative estimate of drug-likeness (QED) is 0.369. The second-order valence-electron chi connectivity index (χ2n) is 4.31. The van der Waals surface area contributed by atoms with Crippen molar-refractivity contribution < 1.29 is 27.3 Å². The third kappa shape index (κ3) is 2.80. The van der Waals surface area contributed by atoms with Crippen LogP contribution in [0.15, 0.2) is 36.4 Å². The first-order valence-corrected chi connectivity index (χ1v) is 5.85. The minimum atomic E-state index is -4.88. The lowest BCUT2D eigenvalue weighted by Crippen LogP contribution is -2.08. The number of rotatable bonds is 3. The van der Waals surface area contributed by atoms with Gasteiger partial charge in [-0.2, -0.15) is 13.2 Å². The Morgan fingerprint density at radius 3 is 2.36 bits per heavy atom. The number of benzene rings is 2. The zero-order valence-electron chi connectivity index (χ0n) is 10.7. The number of carbonyl (C=O) groups is 1. The van der Waals surface area contributed by atoms with Crippen LogP contribution in [0.1, 0.15) is 15.9 Å². The van der Waals surface area contributed by atoms with Crippen LogP contribution in [0.25, 0.3) is 11.1 Å². The lowest BCUT2D eigenvalue weighted by Gasteiger charge is -2.11. The van der Waals surface area contributed by atoms with Gasteiger partial charge in [-0.15, -0.1) is 0 Å². The molecule has 0 fully saturated rings. The summed E-state index contributed by atoms with van der Waals surface area (Å²) in [6, 6.07) is 5.72. The molecular formula is C14H7F4NO3. The fourth-order valence-corrected chi connectivity index (χ4v) is 1.94. The van der Waals surface area contributed by atoms with Crippen molar-refractivity contribution >= 4 is 12.0 Å². The van der Waals surface area contributed by atoms with E-state index in [2.05, 4.69) is 0 Å². The minimum Gasteiger partial charge on any atom is -0.298 e. The summed E-state index contributed by atoms with van der Waals surface area (Å²) in [4.78, 5) is 20.7. The van der Waals surface area contributed by atoms with E-state index in [4.69, 9.17) is 0 Å². The van der Waals surface area contributed by atoms with Crippen LogP contribution >= 0.6 is 0 Å². The van der Waals surface area contributed by atoms with Crippen molar-refractivity contribution in [3.63, 3.8) is 0 Å². The number of nitrogens with zero attached hydrogens (tertiary/aromatic N) is 1. The second kappa shape index (κ2) is 5.55. The SMILES string of the molecule is O=Cc1ccc(-c2cccc(C(F)(F)F)c2F)cc1[N+](=O)[O-]. The molecule has 0 saturated carbocycles. The Bertz CT molecular complexity index is 756. The molecule has 2 aromatic rings. The van der Waals surface area contributed by atoms with Crippen molar-refractivity contribution in [2.45, 2.75) is 6.18 Å². The number of nitro benzene ring substituents is 1. The number of carbonyl (C=O) groups excluding carboxylic acids is 1. The molecule has 0 unspecified atom stereocenters. The van der Waals surface area contributed by atoms with Crippen LogP contribution in [0.2, 0.25) is 0 Å². The van der Waals surface area contributed by atoms with Gasteiger partial charge in [0.15, 0.2) is 6.29 Å². The largest absolute Gasteiger partial charge is 0.419 e. The van der Waals surface area contributed by atoms with Crippen molar-refractivity contribution in [2.24, 2.45) is 0 Å². The normalized spacial score (nSPS) is 11.3. The molecule has 0 spiro atoms. The molecule has 114 valence electrons. The van der Waals surface area contributed by atoms with Crippen LogP contribution in [0, 0.1) is 15.9 Å². The Labute approximate surface area is 121 Å². The summed E-state index contributed by atoms with van der Waals surface area (Å²) >= 11 is 0. The molecule has 0 aliphatic rings. The zero-order chi connectivity index (χ0) is 16.5. The molecule has 0 heterocycles. The Hall–Kier alpha value is -2.77. The summed E-state index contributed by atoms with van der Waals surface area (Å²) in [5.41, 5.74) is -2.88. The first kappa shape index (κ1) is 15.6. The maximum absolute atomic E-state index is 14.0. The molecule has 0 atom stereocenters. The molecule has 8 heteroatoms. The summed E-state index contributed by atoms with van der Waals surface area (Å²) in [5, 5.41) is 10.8. The molecule has 0 aliphatic heterocycles. The highest BCUT2D eigenvalue weighted by atomic mass is 19.4. The number of aldehydes is 1. The summed E-state index contributed by atoms with van der Waals surface area (Å²) in [6.45, 7) is 0. The van der Waals surface area contributed by atoms with Crippen molar-refractivity contribution in [1.29, 1.82) is 0 Å². The Morgan fingerprint density at radius 1 is 1.14 bits per heavy atom. The van der Waals surface area contributed by atoms with Crippen molar-refractivity contribution in [2.75, 3.05) is 0 Å². The van der Waals surface area contributed by atoms with Gasteiger partial charge < -0.3 is 0 Å². The van der Waals surface area contributed by atoms with E-state index in [1.54, 1.807) is 0 Å². The first-order chi connectivity index (χ1) is 10.3. The highest BCUT2D eigenvalue weighted by molar-refractivity contribution is 5.84. The standard InChI is InChI=1S/C14H7F4NO3/c15-13-10(2-1-3-11(13)14(16,17)18)8-4-5-9(7-20)12(6-8)19(21)22/h1-7H. The number of hydrogen-bond acceptors (Lipinski definition) is 3. The van der Waals surface area contributed by atoms with Gasteiger partial charge in [-0.05, 0) is 17.7 Å². The van der Waals surface area contributed by atoms with Crippen LogP contribution in [-0.2, 0) is 6.18 Å². The number of hydrogen-bond donors (Lipinski definition) is 0. The van der Waals surface area contributed by atoms with E-state index in [0.717, 1.165) is 30.3 Å². The van der Waals surface area contributed by atoms with Gasteiger partial charge >= 0.3 is 6.18 Å². The monoisotopic (exact) mass is 313 g/mol. The predicted octanol–water partition coefficient (Wildman–Crippen LogP) is 4.23. The molecule has 0 bridgehead atoms. The van der Waals surface area contributed by atoms with Gasteiger partial charge in [0.2, 0.25) is 0 Å².